The van der Waals surface area contributed by atoms with Crippen LogP contribution < -0.4 is 5.73 Å². The molecule has 2 N–H and O–H groups in total. The van der Waals surface area contributed by atoms with Gasteiger partial charge in [-0.25, -0.2) is 9.78 Å². The summed E-state index contributed by atoms with van der Waals surface area (Å²) in [6, 6.07) is 1.32. The number of pyridine rings is 1. The Morgan fingerprint density at radius 1 is 1.50 bits per heavy atom. The maximum absolute atomic E-state index is 11.0. The van der Waals surface area contributed by atoms with Crippen molar-refractivity contribution in [2.75, 3.05) is 12.8 Å². The van der Waals surface area contributed by atoms with E-state index in [0.717, 1.165) is 0 Å². The van der Waals surface area contributed by atoms with Crippen molar-refractivity contribution in [3.8, 4) is 0 Å². The minimum Gasteiger partial charge on any atom is -0.464 e. The molecule has 5 heteroatoms. The van der Waals surface area contributed by atoms with Crippen molar-refractivity contribution in [3.05, 3.63) is 23.5 Å². The van der Waals surface area contributed by atoms with Crippen molar-refractivity contribution in [3.63, 3.8) is 0 Å². The van der Waals surface area contributed by atoms with Crippen LogP contribution in [0, 0.1) is 0 Å². The fourth-order valence-electron chi connectivity index (χ4n) is 0.981. The van der Waals surface area contributed by atoms with Crippen molar-refractivity contribution in [2.24, 2.45) is 0 Å². The lowest BCUT2D eigenvalue weighted by Gasteiger charge is -2.03. The predicted octanol–water partition coefficient (Wildman–Crippen LogP) is 0.653. The van der Waals surface area contributed by atoms with Crippen LogP contribution in [-0.2, 0) is 4.74 Å². The molecule has 1 aromatic heterocycles. The zero-order valence-corrected chi connectivity index (χ0v) is 7.90. The summed E-state index contributed by atoms with van der Waals surface area (Å²) in [6.07, 6.45) is 1.27. The molecular weight excluding hydrogens is 184 g/mol. The summed E-state index contributed by atoms with van der Waals surface area (Å²) >= 11 is 0. The van der Waals surface area contributed by atoms with Crippen LogP contribution in [0.3, 0.4) is 0 Å². The third-order valence-corrected chi connectivity index (χ3v) is 1.71. The number of Topliss-reactive ketones (excluding diaryl/α,β-unsaturated/α-hetero) is 1. The number of hydrogen-bond acceptors (Lipinski definition) is 5. The number of hydrogen-bond donors (Lipinski definition) is 1. The highest BCUT2D eigenvalue weighted by molar-refractivity contribution is 6.00. The summed E-state index contributed by atoms with van der Waals surface area (Å²) in [5.74, 6) is -0.766. The van der Waals surface area contributed by atoms with Gasteiger partial charge in [-0.15, -0.1) is 0 Å². The van der Waals surface area contributed by atoms with Crippen LogP contribution in [0.5, 0.6) is 0 Å². The van der Waals surface area contributed by atoms with E-state index >= 15 is 0 Å². The molecule has 0 saturated heterocycles. The fraction of sp³-hybridized carbons (Fsp3) is 0.222. The van der Waals surface area contributed by atoms with Crippen molar-refractivity contribution in [1.82, 2.24) is 4.98 Å². The number of ether oxygens (including phenoxy) is 1. The second kappa shape index (κ2) is 3.87. The molecule has 1 heterocycles. The number of nitrogens with zero attached hydrogens (tertiary/aromatic N) is 1. The second-order valence-electron chi connectivity index (χ2n) is 2.70. The Morgan fingerprint density at radius 2 is 2.14 bits per heavy atom. The molecule has 1 rings (SSSR count). The van der Waals surface area contributed by atoms with Crippen LogP contribution >= 0.6 is 0 Å². The number of carbonyl (C=O) groups is 2. The predicted molar refractivity (Wildman–Crippen MR) is 50.0 cm³/mol. The molecule has 0 atom stereocenters. The van der Waals surface area contributed by atoms with E-state index in [1.54, 1.807) is 0 Å². The molecule has 0 bridgehead atoms. The van der Waals surface area contributed by atoms with E-state index in [1.165, 1.54) is 26.3 Å². The molecule has 0 aliphatic rings. The minimum atomic E-state index is -0.577. The van der Waals surface area contributed by atoms with E-state index in [1.807, 2.05) is 0 Å². The zero-order valence-electron chi connectivity index (χ0n) is 7.90. The Hall–Kier alpha value is -1.91. The lowest BCUT2D eigenvalue weighted by molar-refractivity contribution is 0.0593. The fourth-order valence-corrected chi connectivity index (χ4v) is 0.981. The van der Waals surface area contributed by atoms with Crippen LogP contribution in [0.2, 0.25) is 0 Å². The summed E-state index contributed by atoms with van der Waals surface area (Å²) in [7, 11) is 1.25. The van der Waals surface area contributed by atoms with Crippen LogP contribution in [-0.4, -0.2) is 23.8 Å². The van der Waals surface area contributed by atoms with Gasteiger partial charge >= 0.3 is 5.97 Å². The highest BCUT2D eigenvalue weighted by Gasteiger charge is 2.11. The molecule has 0 saturated carbocycles. The zero-order chi connectivity index (χ0) is 10.7. The molecule has 0 aromatic carbocycles. The molecule has 0 fully saturated rings. The Balaban J connectivity index is 3.12. The van der Waals surface area contributed by atoms with Gasteiger partial charge in [0.2, 0.25) is 0 Å². The van der Waals surface area contributed by atoms with Gasteiger partial charge in [-0.2, -0.15) is 0 Å². The molecule has 0 amide bonds. The first-order valence-electron chi connectivity index (χ1n) is 3.91. The summed E-state index contributed by atoms with van der Waals surface area (Å²) < 4.78 is 4.45. The smallest absolute Gasteiger partial charge is 0.356 e. The van der Waals surface area contributed by atoms with E-state index in [4.69, 9.17) is 5.73 Å². The number of nitrogens with two attached hydrogens (primary N) is 1. The summed E-state index contributed by atoms with van der Waals surface area (Å²) in [6.45, 7) is 1.38. The van der Waals surface area contributed by atoms with Gasteiger partial charge in [-0.3, -0.25) is 4.79 Å². The summed E-state index contributed by atoms with van der Waals surface area (Å²) in [5.41, 5.74) is 6.17. The van der Waals surface area contributed by atoms with E-state index < -0.39 is 5.97 Å². The van der Waals surface area contributed by atoms with Gasteiger partial charge in [-0.05, 0) is 13.0 Å². The molecule has 0 aliphatic heterocycles. The largest absolute Gasteiger partial charge is 0.464 e. The Bertz CT molecular complexity index is 388. The van der Waals surface area contributed by atoms with Crippen molar-refractivity contribution >= 4 is 17.4 Å². The Morgan fingerprint density at radius 3 is 2.57 bits per heavy atom. The summed E-state index contributed by atoms with van der Waals surface area (Å²) in [5, 5.41) is 0. The normalized spacial score (nSPS) is 9.57. The standard InChI is InChI=1S/C9H10N2O3/c1-5(12)6-4-11-8(3-7(6)10)9(13)14-2/h3-4H,1-2H3,(H2,10,11). The number of aromatic nitrogens is 1. The molecule has 0 unspecified atom stereocenters. The van der Waals surface area contributed by atoms with E-state index in [0.29, 0.717) is 5.56 Å². The average Bonchev–Trinajstić information content (AvgIpc) is 2.15. The molecule has 5 nitrogen and oxygen atoms in total. The first-order valence-corrected chi connectivity index (χ1v) is 3.91. The number of nitrogen functional groups attached to an aromatic ring is 1. The van der Waals surface area contributed by atoms with Gasteiger partial charge in [0, 0.05) is 11.9 Å². The Labute approximate surface area is 80.9 Å². The third-order valence-electron chi connectivity index (χ3n) is 1.71. The van der Waals surface area contributed by atoms with Crippen molar-refractivity contribution in [1.29, 1.82) is 0 Å². The molecule has 0 aliphatic carbocycles. The monoisotopic (exact) mass is 194 g/mol. The quantitative estimate of drug-likeness (QED) is 0.552. The van der Waals surface area contributed by atoms with Gasteiger partial charge < -0.3 is 10.5 Å². The lowest BCUT2D eigenvalue weighted by atomic mass is 10.1. The first kappa shape index (κ1) is 10.2. The van der Waals surface area contributed by atoms with Crippen molar-refractivity contribution < 1.29 is 14.3 Å². The topological polar surface area (TPSA) is 82.3 Å². The Kier molecular flexibility index (Phi) is 2.81. The van der Waals surface area contributed by atoms with E-state index in [9.17, 15) is 9.59 Å². The van der Waals surface area contributed by atoms with E-state index in [2.05, 4.69) is 9.72 Å². The average molecular weight is 194 g/mol. The molecule has 0 radical (unpaired) electrons. The number of carbonyl (C=O) groups excluding carboxylic acids is 2. The molecule has 14 heavy (non-hydrogen) atoms. The van der Waals surface area contributed by atoms with Gasteiger partial charge in [-0.1, -0.05) is 0 Å². The molecular formula is C9H10N2O3. The maximum Gasteiger partial charge on any atom is 0.356 e. The molecule has 74 valence electrons. The third kappa shape index (κ3) is 1.87. The van der Waals surface area contributed by atoms with Gasteiger partial charge in [0.25, 0.3) is 0 Å². The van der Waals surface area contributed by atoms with Crippen LogP contribution in [0.15, 0.2) is 12.3 Å². The number of esters is 1. The first-order chi connectivity index (χ1) is 6.56. The number of rotatable bonds is 2. The van der Waals surface area contributed by atoms with Gasteiger partial charge in [0.15, 0.2) is 5.78 Å². The SMILES string of the molecule is COC(=O)c1cc(N)c(C(C)=O)cn1. The molecule has 1 aromatic rings. The minimum absolute atomic E-state index is 0.0926. The van der Waals surface area contributed by atoms with Gasteiger partial charge in [0.05, 0.1) is 12.7 Å². The number of anilines is 1. The van der Waals surface area contributed by atoms with Crippen molar-refractivity contribution in [2.45, 2.75) is 6.92 Å². The molecule has 0 spiro atoms. The van der Waals surface area contributed by atoms with Crippen LogP contribution in [0.25, 0.3) is 0 Å². The highest BCUT2D eigenvalue weighted by atomic mass is 16.5. The maximum atomic E-state index is 11.0. The summed E-state index contributed by atoms with van der Waals surface area (Å²) in [4.78, 5) is 25.8. The van der Waals surface area contributed by atoms with Crippen LogP contribution in [0.4, 0.5) is 5.69 Å². The number of methoxy groups -OCH3 is 1. The van der Waals surface area contributed by atoms with Crippen LogP contribution in [0.1, 0.15) is 27.8 Å². The number of ketones is 1. The second-order valence-corrected chi connectivity index (χ2v) is 2.70. The van der Waals surface area contributed by atoms with E-state index in [-0.39, 0.29) is 17.2 Å². The van der Waals surface area contributed by atoms with Gasteiger partial charge in [0.1, 0.15) is 5.69 Å². The lowest BCUT2D eigenvalue weighted by Crippen LogP contribution is -2.08. The highest BCUT2D eigenvalue weighted by Crippen LogP contribution is 2.12.